The van der Waals surface area contributed by atoms with Crippen LogP contribution in [-0.4, -0.2) is 78.9 Å². The van der Waals surface area contributed by atoms with Gasteiger partial charge in [-0.15, -0.1) is 0 Å². The third kappa shape index (κ3) is 7.21. The van der Waals surface area contributed by atoms with Crippen molar-refractivity contribution in [3.63, 3.8) is 0 Å². The van der Waals surface area contributed by atoms with E-state index in [2.05, 4.69) is 20.1 Å². The SMILES string of the molecule is O=S(=O)(Cc1ccccc1)N1CCCC(N2CCCCC(Nc3nccc(N4CCCCCC4)n3)C2)C1. The number of nitrogens with one attached hydrogen (secondary N) is 1. The first-order valence-electron chi connectivity index (χ1n) is 14.2. The van der Waals surface area contributed by atoms with Crippen LogP contribution in [0.5, 0.6) is 0 Å². The lowest BCUT2D eigenvalue weighted by molar-refractivity contribution is 0.136. The minimum atomic E-state index is -3.33. The molecule has 0 bridgehead atoms. The Bertz CT molecular complexity index is 1090. The minimum Gasteiger partial charge on any atom is -0.356 e. The van der Waals surface area contributed by atoms with Gasteiger partial charge in [0.05, 0.1) is 5.75 Å². The van der Waals surface area contributed by atoms with Crippen molar-refractivity contribution in [1.29, 1.82) is 0 Å². The van der Waals surface area contributed by atoms with Crippen LogP contribution in [0.4, 0.5) is 11.8 Å². The maximum absolute atomic E-state index is 13.2. The summed E-state index contributed by atoms with van der Waals surface area (Å²) in [6, 6.07) is 12.1. The summed E-state index contributed by atoms with van der Waals surface area (Å²) in [5.74, 6) is 1.82. The number of hydrogen-bond donors (Lipinski definition) is 1. The standard InChI is InChI=1S/C28H42N6O2S/c35-37(36,23-24-11-4-3-5-12-24)34-20-10-14-26(22-34)33-19-9-6-13-25(21-33)30-28-29-16-15-27(31-28)32-17-7-1-2-8-18-32/h3-5,11-12,15-16,25-26H,1-2,6-10,13-14,17-23H2,(H,29,30,31). The van der Waals surface area contributed by atoms with E-state index in [1.807, 2.05) is 42.6 Å². The van der Waals surface area contributed by atoms with Crippen molar-refractivity contribution in [2.24, 2.45) is 0 Å². The number of likely N-dealkylation sites (tertiary alicyclic amines) is 1. The Morgan fingerprint density at radius 2 is 1.62 bits per heavy atom. The van der Waals surface area contributed by atoms with Gasteiger partial charge in [-0.25, -0.2) is 17.7 Å². The first kappa shape index (κ1) is 26.4. The molecule has 2 unspecified atom stereocenters. The van der Waals surface area contributed by atoms with Crippen LogP contribution in [0.25, 0.3) is 0 Å². The van der Waals surface area contributed by atoms with Crippen molar-refractivity contribution in [2.45, 2.75) is 75.6 Å². The summed E-state index contributed by atoms with van der Waals surface area (Å²) in [7, 11) is -3.33. The molecule has 1 aromatic carbocycles. The fourth-order valence-corrected chi connectivity index (χ4v) is 7.65. The Morgan fingerprint density at radius 1 is 0.838 bits per heavy atom. The van der Waals surface area contributed by atoms with Crippen molar-refractivity contribution >= 4 is 21.8 Å². The zero-order valence-electron chi connectivity index (χ0n) is 22.0. The smallest absolute Gasteiger partial charge is 0.224 e. The topological polar surface area (TPSA) is 81.7 Å². The molecule has 2 aromatic rings. The van der Waals surface area contributed by atoms with Gasteiger partial charge in [0.15, 0.2) is 0 Å². The van der Waals surface area contributed by atoms with Gasteiger partial charge in [0.25, 0.3) is 0 Å². The molecule has 0 aliphatic carbocycles. The highest BCUT2D eigenvalue weighted by Crippen LogP contribution is 2.25. The number of benzene rings is 1. The second-order valence-corrected chi connectivity index (χ2v) is 12.8. The summed E-state index contributed by atoms with van der Waals surface area (Å²) < 4.78 is 28.2. The number of aromatic nitrogens is 2. The van der Waals surface area contributed by atoms with E-state index in [-0.39, 0.29) is 17.8 Å². The molecule has 3 aliphatic heterocycles. The molecule has 2 atom stereocenters. The third-order valence-electron chi connectivity index (χ3n) is 8.07. The van der Waals surface area contributed by atoms with E-state index in [4.69, 9.17) is 4.98 Å². The second-order valence-electron chi connectivity index (χ2n) is 10.9. The van der Waals surface area contributed by atoms with Gasteiger partial charge < -0.3 is 10.2 Å². The Morgan fingerprint density at radius 3 is 2.43 bits per heavy atom. The lowest BCUT2D eigenvalue weighted by atomic mass is 10.1. The van der Waals surface area contributed by atoms with Gasteiger partial charge >= 0.3 is 0 Å². The van der Waals surface area contributed by atoms with Crippen molar-refractivity contribution < 1.29 is 8.42 Å². The van der Waals surface area contributed by atoms with Crippen LogP contribution >= 0.6 is 0 Å². The Labute approximate surface area is 222 Å². The summed E-state index contributed by atoms with van der Waals surface area (Å²) in [5, 5.41) is 3.64. The average Bonchev–Trinajstić information content (AvgIpc) is 3.33. The first-order chi connectivity index (χ1) is 18.1. The van der Waals surface area contributed by atoms with Crippen LogP contribution in [0.1, 0.15) is 63.4 Å². The molecule has 0 saturated carbocycles. The number of rotatable bonds is 7. The van der Waals surface area contributed by atoms with Crippen LogP contribution in [0.15, 0.2) is 42.6 Å². The van der Waals surface area contributed by atoms with Gasteiger partial charge in [-0.1, -0.05) is 49.6 Å². The Kier molecular flexibility index (Phi) is 8.94. The monoisotopic (exact) mass is 526 g/mol. The average molecular weight is 527 g/mol. The first-order valence-corrected chi connectivity index (χ1v) is 15.8. The zero-order chi connectivity index (χ0) is 25.5. The highest BCUT2D eigenvalue weighted by Gasteiger charge is 2.33. The number of hydrogen-bond acceptors (Lipinski definition) is 7. The molecule has 1 aromatic heterocycles. The predicted octanol–water partition coefficient (Wildman–Crippen LogP) is 4.12. The molecule has 0 radical (unpaired) electrons. The highest BCUT2D eigenvalue weighted by molar-refractivity contribution is 7.88. The van der Waals surface area contributed by atoms with E-state index in [0.29, 0.717) is 19.0 Å². The van der Waals surface area contributed by atoms with E-state index in [1.54, 1.807) is 4.31 Å². The summed E-state index contributed by atoms with van der Waals surface area (Å²) in [6.07, 6.45) is 12.3. The zero-order valence-corrected chi connectivity index (χ0v) is 22.8. The number of sulfonamides is 1. The highest BCUT2D eigenvalue weighted by atomic mass is 32.2. The Hall–Kier alpha value is -2.23. The molecule has 9 heteroatoms. The fraction of sp³-hybridized carbons (Fsp3) is 0.643. The molecule has 3 fully saturated rings. The van der Waals surface area contributed by atoms with Crippen molar-refractivity contribution in [1.82, 2.24) is 19.2 Å². The summed E-state index contributed by atoms with van der Waals surface area (Å²) >= 11 is 0. The quantitative estimate of drug-likeness (QED) is 0.581. The summed E-state index contributed by atoms with van der Waals surface area (Å²) in [4.78, 5) is 14.3. The molecular formula is C28H42N6O2S. The van der Waals surface area contributed by atoms with Crippen LogP contribution in [0.3, 0.4) is 0 Å². The van der Waals surface area contributed by atoms with E-state index in [1.165, 1.54) is 25.7 Å². The summed E-state index contributed by atoms with van der Waals surface area (Å²) in [6.45, 7) is 5.26. The number of anilines is 2. The molecule has 3 aliphatic rings. The van der Waals surface area contributed by atoms with Gasteiger partial charge in [0.1, 0.15) is 5.82 Å². The van der Waals surface area contributed by atoms with Gasteiger partial charge in [-0.2, -0.15) is 4.98 Å². The van der Waals surface area contributed by atoms with Gasteiger partial charge in [-0.05, 0) is 56.7 Å². The van der Waals surface area contributed by atoms with Crippen LogP contribution < -0.4 is 10.2 Å². The predicted molar refractivity (Wildman–Crippen MR) is 149 cm³/mol. The van der Waals surface area contributed by atoms with Crippen LogP contribution in [0, 0.1) is 0 Å². The molecule has 37 heavy (non-hydrogen) atoms. The van der Waals surface area contributed by atoms with Crippen molar-refractivity contribution in [3.8, 4) is 0 Å². The van der Waals surface area contributed by atoms with Crippen LogP contribution in [0.2, 0.25) is 0 Å². The van der Waals surface area contributed by atoms with E-state index in [9.17, 15) is 8.42 Å². The lowest BCUT2D eigenvalue weighted by Gasteiger charge is -2.39. The molecular weight excluding hydrogens is 484 g/mol. The number of nitrogens with zero attached hydrogens (tertiary/aromatic N) is 5. The molecule has 202 valence electrons. The maximum atomic E-state index is 13.2. The second kappa shape index (κ2) is 12.5. The lowest BCUT2D eigenvalue weighted by Crippen LogP contribution is -2.52. The molecule has 4 heterocycles. The fourth-order valence-electron chi connectivity index (χ4n) is 6.05. The van der Waals surface area contributed by atoms with Crippen molar-refractivity contribution in [3.05, 3.63) is 48.2 Å². The maximum Gasteiger partial charge on any atom is 0.224 e. The normalized spacial score (nSPS) is 24.8. The molecule has 1 N–H and O–H groups in total. The van der Waals surface area contributed by atoms with Gasteiger partial charge in [0, 0.05) is 51.0 Å². The third-order valence-corrected chi connectivity index (χ3v) is 9.88. The Balaban J connectivity index is 1.21. The molecule has 8 nitrogen and oxygen atoms in total. The molecule has 0 spiro atoms. The molecule has 5 rings (SSSR count). The molecule has 3 saturated heterocycles. The largest absolute Gasteiger partial charge is 0.356 e. The van der Waals surface area contributed by atoms with E-state index in [0.717, 1.165) is 69.7 Å². The summed E-state index contributed by atoms with van der Waals surface area (Å²) in [5.41, 5.74) is 0.853. The number of piperidine rings is 1. The van der Waals surface area contributed by atoms with Crippen molar-refractivity contribution in [2.75, 3.05) is 49.5 Å². The van der Waals surface area contributed by atoms with Gasteiger partial charge in [-0.3, -0.25) is 4.90 Å². The van der Waals surface area contributed by atoms with E-state index < -0.39 is 10.0 Å². The van der Waals surface area contributed by atoms with Crippen LogP contribution in [-0.2, 0) is 15.8 Å². The minimum absolute atomic E-state index is 0.0788. The van der Waals surface area contributed by atoms with Gasteiger partial charge in [0.2, 0.25) is 16.0 Å². The molecule has 0 amide bonds. The van der Waals surface area contributed by atoms with E-state index >= 15 is 0 Å².